The van der Waals surface area contributed by atoms with Gasteiger partial charge in [0.15, 0.2) is 11.5 Å². The van der Waals surface area contributed by atoms with Gasteiger partial charge in [0, 0.05) is 26.0 Å². The number of ether oxygens (including phenoxy) is 1. The fourth-order valence-electron chi connectivity index (χ4n) is 3.75. The molecule has 0 aliphatic carbocycles. The van der Waals surface area contributed by atoms with Crippen molar-refractivity contribution in [3.8, 4) is 6.07 Å². The summed E-state index contributed by atoms with van der Waals surface area (Å²) in [6.45, 7) is 1.55. The predicted octanol–water partition coefficient (Wildman–Crippen LogP) is 2.05. The Bertz CT molecular complexity index is 1100. The number of nitrogens with zero attached hydrogens (tertiary/aromatic N) is 6. The molecule has 4 rings (SSSR count). The smallest absolute Gasteiger partial charge is 0.261 e. The van der Waals surface area contributed by atoms with E-state index in [4.69, 9.17) is 9.72 Å². The molecule has 0 bridgehead atoms. The summed E-state index contributed by atoms with van der Waals surface area (Å²) in [4.78, 5) is 28.5. The lowest BCUT2D eigenvalue weighted by Crippen LogP contribution is -2.34. The van der Waals surface area contributed by atoms with Gasteiger partial charge in [-0.3, -0.25) is 9.36 Å². The second-order valence-electron chi connectivity index (χ2n) is 6.63. The number of aromatic nitrogens is 4. The molecule has 3 aromatic rings. The van der Waals surface area contributed by atoms with Gasteiger partial charge in [0.05, 0.1) is 30.1 Å². The Balaban J connectivity index is 1.87. The van der Waals surface area contributed by atoms with Crippen molar-refractivity contribution in [2.24, 2.45) is 0 Å². The van der Waals surface area contributed by atoms with E-state index in [-0.39, 0.29) is 17.3 Å². The second kappa shape index (κ2) is 7.74. The Hall–Kier alpha value is -3.31. The SMILES string of the molecule is COCCn1c(C2CCCN2c2nccnc2C#N)nc2ccccc2c1=O. The molecule has 0 spiro atoms. The molecule has 1 aliphatic heterocycles. The van der Waals surface area contributed by atoms with E-state index >= 15 is 0 Å². The highest BCUT2D eigenvalue weighted by atomic mass is 16.5. The number of anilines is 1. The van der Waals surface area contributed by atoms with Gasteiger partial charge in [-0.25, -0.2) is 15.0 Å². The summed E-state index contributed by atoms with van der Waals surface area (Å²) in [5, 5.41) is 10.0. The lowest BCUT2D eigenvalue weighted by atomic mass is 10.1. The third kappa shape index (κ3) is 3.10. The summed E-state index contributed by atoms with van der Waals surface area (Å²) in [6.07, 6.45) is 4.82. The summed E-state index contributed by atoms with van der Waals surface area (Å²) < 4.78 is 6.90. The predicted molar refractivity (Wildman–Crippen MR) is 104 cm³/mol. The molecule has 28 heavy (non-hydrogen) atoms. The van der Waals surface area contributed by atoms with Crippen LogP contribution in [0.5, 0.6) is 0 Å². The van der Waals surface area contributed by atoms with Gasteiger partial charge in [0.1, 0.15) is 11.9 Å². The van der Waals surface area contributed by atoms with E-state index in [0.29, 0.717) is 35.7 Å². The van der Waals surface area contributed by atoms with Crippen LogP contribution in [-0.4, -0.2) is 39.8 Å². The van der Waals surface area contributed by atoms with Crippen LogP contribution in [0.4, 0.5) is 5.82 Å². The van der Waals surface area contributed by atoms with Gasteiger partial charge in [-0.2, -0.15) is 5.26 Å². The Labute approximate surface area is 162 Å². The fraction of sp³-hybridized carbons (Fsp3) is 0.350. The van der Waals surface area contributed by atoms with E-state index in [1.807, 2.05) is 23.1 Å². The monoisotopic (exact) mass is 376 g/mol. The minimum Gasteiger partial charge on any atom is -0.383 e. The van der Waals surface area contributed by atoms with Crippen LogP contribution in [0.15, 0.2) is 41.5 Å². The molecule has 2 aromatic heterocycles. The topological polar surface area (TPSA) is 96.9 Å². The summed E-state index contributed by atoms with van der Waals surface area (Å²) in [6, 6.07) is 9.31. The number of rotatable bonds is 5. The van der Waals surface area contributed by atoms with Gasteiger partial charge >= 0.3 is 0 Å². The van der Waals surface area contributed by atoms with Crippen molar-refractivity contribution in [1.82, 2.24) is 19.5 Å². The zero-order chi connectivity index (χ0) is 19.5. The van der Waals surface area contributed by atoms with Crippen LogP contribution in [0, 0.1) is 11.3 Å². The van der Waals surface area contributed by atoms with Crippen LogP contribution < -0.4 is 10.5 Å². The Kier molecular flexibility index (Phi) is 5.00. The molecular formula is C20H20N6O2. The molecule has 1 atom stereocenters. The molecule has 1 aliphatic rings. The summed E-state index contributed by atoms with van der Waals surface area (Å²) in [7, 11) is 1.61. The summed E-state index contributed by atoms with van der Waals surface area (Å²) in [5.74, 6) is 1.21. The first-order valence-corrected chi connectivity index (χ1v) is 9.20. The Morgan fingerprint density at radius 1 is 1.29 bits per heavy atom. The molecule has 1 unspecified atom stereocenters. The summed E-state index contributed by atoms with van der Waals surface area (Å²) in [5.41, 5.74) is 0.868. The minimum atomic E-state index is -0.155. The van der Waals surface area contributed by atoms with E-state index in [1.54, 1.807) is 23.9 Å². The van der Waals surface area contributed by atoms with Crippen LogP contribution in [0.1, 0.15) is 30.4 Å². The average molecular weight is 376 g/mol. The third-order valence-electron chi connectivity index (χ3n) is 5.02. The largest absolute Gasteiger partial charge is 0.383 e. The van der Waals surface area contributed by atoms with Crippen molar-refractivity contribution < 1.29 is 4.74 Å². The highest BCUT2D eigenvalue weighted by molar-refractivity contribution is 5.77. The molecule has 3 heterocycles. The number of benzene rings is 1. The maximum absolute atomic E-state index is 13.1. The number of para-hydroxylation sites is 1. The van der Waals surface area contributed by atoms with Crippen LogP contribution in [0.25, 0.3) is 10.9 Å². The highest BCUT2D eigenvalue weighted by Crippen LogP contribution is 2.35. The Morgan fingerprint density at radius 3 is 2.93 bits per heavy atom. The lowest BCUT2D eigenvalue weighted by Gasteiger charge is -2.27. The molecule has 1 saturated heterocycles. The first kappa shape index (κ1) is 18.1. The van der Waals surface area contributed by atoms with Crippen molar-refractivity contribution in [3.63, 3.8) is 0 Å². The van der Waals surface area contributed by atoms with Crippen molar-refractivity contribution in [2.45, 2.75) is 25.4 Å². The molecule has 0 saturated carbocycles. The molecule has 0 amide bonds. The van der Waals surface area contributed by atoms with Crippen LogP contribution in [0.2, 0.25) is 0 Å². The standard InChI is InChI=1S/C20H20N6O2/c1-28-12-11-26-19(24-15-6-3-2-5-14(15)20(26)27)17-7-4-10-25(17)18-16(13-21)22-8-9-23-18/h2-3,5-6,8-9,17H,4,7,10-12H2,1H3. The van der Waals surface area contributed by atoms with Crippen LogP contribution in [-0.2, 0) is 11.3 Å². The number of nitriles is 1. The van der Waals surface area contributed by atoms with Gasteiger partial charge in [0.25, 0.3) is 5.56 Å². The fourth-order valence-corrected chi connectivity index (χ4v) is 3.75. The third-order valence-corrected chi connectivity index (χ3v) is 5.02. The minimum absolute atomic E-state index is 0.0795. The normalized spacial score (nSPS) is 16.4. The zero-order valence-corrected chi connectivity index (χ0v) is 15.6. The molecule has 1 aromatic carbocycles. The van der Waals surface area contributed by atoms with Gasteiger partial charge < -0.3 is 9.64 Å². The van der Waals surface area contributed by atoms with Crippen molar-refractivity contribution in [1.29, 1.82) is 5.26 Å². The number of hydrogen-bond donors (Lipinski definition) is 0. The van der Waals surface area contributed by atoms with Gasteiger partial charge in [0.2, 0.25) is 0 Å². The van der Waals surface area contributed by atoms with Crippen LogP contribution >= 0.6 is 0 Å². The van der Waals surface area contributed by atoms with Gasteiger partial charge in [-0.1, -0.05) is 12.1 Å². The van der Waals surface area contributed by atoms with Crippen LogP contribution in [0.3, 0.4) is 0 Å². The Morgan fingerprint density at radius 2 is 2.11 bits per heavy atom. The second-order valence-corrected chi connectivity index (χ2v) is 6.63. The molecule has 8 nitrogen and oxygen atoms in total. The quantitative estimate of drug-likeness (QED) is 0.672. The molecule has 1 fully saturated rings. The van der Waals surface area contributed by atoms with E-state index < -0.39 is 0 Å². The first-order chi connectivity index (χ1) is 13.7. The molecule has 0 N–H and O–H groups in total. The zero-order valence-electron chi connectivity index (χ0n) is 15.6. The van der Waals surface area contributed by atoms with Crippen molar-refractivity contribution >= 4 is 16.7 Å². The maximum atomic E-state index is 13.1. The van der Waals surface area contributed by atoms with Gasteiger partial charge in [-0.15, -0.1) is 0 Å². The number of fused-ring (bicyclic) bond motifs is 1. The highest BCUT2D eigenvalue weighted by Gasteiger charge is 2.33. The van der Waals surface area contributed by atoms with E-state index in [0.717, 1.165) is 19.4 Å². The van der Waals surface area contributed by atoms with E-state index in [1.165, 1.54) is 6.20 Å². The number of methoxy groups -OCH3 is 1. The molecular weight excluding hydrogens is 356 g/mol. The molecule has 142 valence electrons. The maximum Gasteiger partial charge on any atom is 0.261 e. The van der Waals surface area contributed by atoms with Crippen molar-refractivity contribution in [3.05, 3.63) is 58.5 Å². The average Bonchev–Trinajstić information content (AvgIpc) is 3.22. The molecule has 0 radical (unpaired) electrons. The van der Waals surface area contributed by atoms with E-state index in [2.05, 4.69) is 16.0 Å². The molecule has 8 heteroatoms. The lowest BCUT2D eigenvalue weighted by molar-refractivity contribution is 0.184. The van der Waals surface area contributed by atoms with E-state index in [9.17, 15) is 10.1 Å². The first-order valence-electron chi connectivity index (χ1n) is 9.20. The van der Waals surface area contributed by atoms with Gasteiger partial charge in [-0.05, 0) is 25.0 Å². The summed E-state index contributed by atoms with van der Waals surface area (Å²) >= 11 is 0. The number of hydrogen-bond acceptors (Lipinski definition) is 7. The van der Waals surface area contributed by atoms with Crippen molar-refractivity contribution in [2.75, 3.05) is 25.2 Å².